The van der Waals surface area contributed by atoms with Gasteiger partial charge in [-0.05, 0) is 24.3 Å². The molecule has 2 heterocycles. The second-order valence-electron chi connectivity index (χ2n) is 7.11. The van der Waals surface area contributed by atoms with Gasteiger partial charge in [-0.1, -0.05) is 18.2 Å². The van der Waals surface area contributed by atoms with Crippen molar-refractivity contribution in [2.24, 2.45) is 0 Å². The Morgan fingerprint density at radius 1 is 0.966 bits per heavy atom. The first-order valence-electron chi connectivity index (χ1n) is 9.81. The number of benzene rings is 2. The summed E-state index contributed by atoms with van der Waals surface area (Å²) in [4.78, 5) is 27.9. The third kappa shape index (κ3) is 4.97. The van der Waals surface area contributed by atoms with Crippen molar-refractivity contribution in [3.63, 3.8) is 0 Å². The SMILES string of the molecule is O=C(C[NH+]1CCN(c2ccccc2)CC1)NC(=O)Nc1ccc2c(c1)OCCO2. The number of amides is 3. The molecule has 0 atom stereocenters. The van der Waals surface area contributed by atoms with E-state index in [0.29, 0.717) is 30.4 Å². The standard InChI is InChI=1S/C21H24N4O4/c26-20(15-24-8-10-25(11-9-24)17-4-2-1-3-5-17)23-21(27)22-16-6-7-18-19(14-16)29-13-12-28-18/h1-7,14H,8-13,15H2,(H2,22,23,26,27)/p+1. The van der Waals surface area contributed by atoms with E-state index < -0.39 is 6.03 Å². The molecule has 3 amide bonds. The molecule has 29 heavy (non-hydrogen) atoms. The lowest BCUT2D eigenvalue weighted by Crippen LogP contribution is -3.16. The topological polar surface area (TPSA) is 84.3 Å². The molecule has 8 heteroatoms. The maximum absolute atomic E-state index is 12.2. The molecule has 152 valence electrons. The van der Waals surface area contributed by atoms with Gasteiger partial charge in [-0.3, -0.25) is 10.1 Å². The van der Waals surface area contributed by atoms with Gasteiger partial charge in [-0.15, -0.1) is 0 Å². The Morgan fingerprint density at radius 3 is 2.45 bits per heavy atom. The number of quaternary nitrogens is 1. The molecule has 2 aromatic rings. The smallest absolute Gasteiger partial charge is 0.326 e. The van der Waals surface area contributed by atoms with Crippen LogP contribution in [0.3, 0.4) is 0 Å². The van der Waals surface area contributed by atoms with E-state index in [1.165, 1.54) is 10.6 Å². The number of carbonyl (C=O) groups is 2. The number of urea groups is 1. The molecule has 8 nitrogen and oxygen atoms in total. The molecule has 0 bridgehead atoms. The number of rotatable bonds is 4. The van der Waals surface area contributed by atoms with Crippen LogP contribution in [-0.2, 0) is 4.79 Å². The van der Waals surface area contributed by atoms with E-state index >= 15 is 0 Å². The average molecular weight is 397 g/mol. The molecule has 1 fully saturated rings. The van der Waals surface area contributed by atoms with Crippen LogP contribution in [-0.4, -0.2) is 57.9 Å². The molecule has 2 aromatic carbocycles. The lowest BCUT2D eigenvalue weighted by Gasteiger charge is -2.33. The Morgan fingerprint density at radius 2 is 1.69 bits per heavy atom. The monoisotopic (exact) mass is 397 g/mol. The highest BCUT2D eigenvalue weighted by atomic mass is 16.6. The van der Waals surface area contributed by atoms with Crippen molar-refractivity contribution in [1.29, 1.82) is 0 Å². The largest absolute Gasteiger partial charge is 0.486 e. The van der Waals surface area contributed by atoms with Crippen molar-refractivity contribution in [1.82, 2.24) is 5.32 Å². The van der Waals surface area contributed by atoms with Gasteiger partial charge in [0.05, 0.1) is 26.2 Å². The Bertz CT molecular complexity index is 866. The molecular formula is C21H25N4O4+. The molecule has 0 radical (unpaired) electrons. The molecule has 2 aliphatic rings. The van der Waals surface area contributed by atoms with Gasteiger partial charge in [0, 0.05) is 17.4 Å². The first-order valence-corrected chi connectivity index (χ1v) is 9.81. The van der Waals surface area contributed by atoms with Crippen LogP contribution in [0.25, 0.3) is 0 Å². The Balaban J connectivity index is 1.22. The maximum Gasteiger partial charge on any atom is 0.326 e. The van der Waals surface area contributed by atoms with E-state index in [-0.39, 0.29) is 12.5 Å². The number of carbonyl (C=O) groups excluding carboxylic acids is 2. The highest BCUT2D eigenvalue weighted by molar-refractivity contribution is 6.01. The number of piperazine rings is 1. The number of ether oxygens (including phenoxy) is 2. The molecule has 0 aromatic heterocycles. The summed E-state index contributed by atoms with van der Waals surface area (Å²) >= 11 is 0. The quantitative estimate of drug-likeness (QED) is 0.700. The van der Waals surface area contributed by atoms with Gasteiger partial charge in [0.25, 0.3) is 5.91 Å². The van der Waals surface area contributed by atoms with E-state index in [0.717, 1.165) is 26.2 Å². The van der Waals surface area contributed by atoms with Gasteiger partial charge < -0.3 is 24.6 Å². The van der Waals surface area contributed by atoms with Crippen LogP contribution in [0.15, 0.2) is 48.5 Å². The number of para-hydroxylation sites is 1. The highest BCUT2D eigenvalue weighted by Gasteiger charge is 2.23. The fourth-order valence-corrected chi connectivity index (χ4v) is 3.58. The van der Waals surface area contributed by atoms with Crippen LogP contribution in [0, 0.1) is 0 Å². The maximum atomic E-state index is 12.2. The van der Waals surface area contributed by atoms with Crippen LogP contribution in [0.5, 0.6) is 11.5 Å². The second kappa shape index (κ2) is 8.83. The number of nitrogens with one attached hydrogen (secondary N) is 3. The number of fused-ring (bicyclic) bond motifs is 1. The Kier molecular flexibility index (Phi) is 5.81. The van der Waals surface area contributed by atoms with Crippen molar-refractivity contribution < 1.29 is 24.0 Å². The zero-order valence-electron chi connectivity index (χ0n) is 16.1. The summed E-state index contributed by atoms with van der Waals surface area (Å²) in [6.07, 6.45) is 0. The fraction of sp³-hybridized carbons (Fsp3) is 0.333. The van der Waals surface area contributed by atoms with E-state index in [1.54, 1.807) is 18.2 Å². The van der Waals surface area contributed by atoms with Gasteiger partial charge in [0.2, 0.25) is 0 Å². The predicted molar refractivity (Wildman–Crippen MR) is 109 cm³/mol. The predicted octanol–water partition coefficient (Wildman–Crippen LogP) is 0.511. The van der Waals surface area contributed by atoms with Crippen molar-refractivity contribution in [2.45, 2.75) is 0 Å². The summed E-state index contributed by atoms with van der Waals surface area (Å²) < 4.78 is 11.0. The van der Waals surface area contributed by atoms with Crippen LogP contribution >= 0.6 is 0 Å². The van der Waals surface area contributed by atoms with E-state index in [9.17, 15) is 9.59 Å². The van der Waals surface area contributed by atoms with Gasteiger partial charge >= 0.3 is 6.03 Å². The van der Waals surface area contributed by atoms with Crippen LogP contribution in [0.1, 0.15) is 0 Å². The van der Waals surface area contributed by atoms with Crippen molar-refractivity contribution in [2.75, 3.05) is 56.2 Å². The molecule has 0 unspecified atom stereocenters. The molecule has 0 aliphatic carbocycles. The second-order valence-corrected chi connectivity index (χ2v) is 7.11. The number of anilines is 2. The summed E-state index contributed by atoms with van der Waals surface area (Å²) in [5, 5.41) is 5.07. The molecule has 2 aliphatic heterocycles. The summed E-state index contributed by atoms with van der Waals surface area (Å²) in [5.41, 5.74) is 1.75. The van der Waals surface area contributed by atoms with Crippen molar-refractivity contribution in [3.05, 3.63) is 48.5 Å². The lowest BCUT2D eigenvalue weighted by molar-refractivity contribution is -0.892. The lowest BCUT2D eigenvalue weighted by atomic mass is 10.2. The molecular weight excluding hydrogens is 372 g/mol. The third-order valence-corrected chi connectivity index (χ3v) is 5.06. The van der Waals surface area contributed by atoms with Crippen molar-refractivity contribution in [3.8, 4) is 11.5 Å². The van der Waals surface area contributed by atoms with Gasteiger partial charge in [0.15, 0.2) is 18.0 Å². The Labute approximate surface area is 169 Å². The van der Waals surface area contributed by atoms with E-state index in [2.05, 4.69) is 27.7 Å². The van der Waals surface area contributed by atoms with Crippen LogP contribution in [0.4, 0.5) is 16.2 Å². The summed E-state index contributed by atoms with van der Waals surface area (Å²) in [7, 11) is 0. The van der Waals surface area contributed by atoms with Crippen LogP contribution < -0.4 is 29.9 Å². The number of hydrogen-bond donors (Lipinski definition) is 3. The van der Waals surface area contributed by atoms with E-state index in [1.807, 2.05) is 18.2 Å². The zero-order valence-corrected chi connectivity index (χ0v) is 16.1. The van der Waals surface area contributed by atoms with Gasteiger partial charge in [-0.25, -0.2) is 4.79 Å². The number of nitrogens with zero attached hydrogens (tertiary/aromatic N) is 1. The first kappa shape index (κ1) is 19.1. The van der Waals surface area contributed by atoms with Gasteiger partial charge in [0.1, 0.15) is 13.2 Å². The molecule has 4 rings (SSSR count). The molecule has 3 N–H and O–H groups in total. The fourth-order valence-electron chi connectivity index (χ4n) is 3.58. The third-order valence-electron chi connectivity index (χ3n) is 5.06. The molecule has 0 saturated carbocycles. The highest BCUT2D eigenvalue weighted by Crippen LogP contribution is 2.32. The number of imide groups is 1. The van der Waals surface area contributed by atoms with Gasteiger partial charge in [-0.2, -0.15) is 0 Å². The number of hydrogen-bond acceptors (Lipinski definition) is 5. The summed E-state index contributed by atoms with van der Waals surface area (Å²) in [6.45, 7) is 4.74. The minimum Gasteiger partial charge on any atom is -0.486 e. The summed E-state index contributed by atoms with van der Waals surface area (Å²) in [6, 6.07) is 14.9. The Hall–Kier alpha value is -3.26. The minimum absolute atomic E-state index is 0.275. The molecule has 1 saturated heterocycles. The summed E-state index contributed by atoms with van der Waals surface area (Å²) in [5.74, 6) is 0.945. The zero-order chi connectivity index (χ0) is 20.1. The normalized spacial score (nSPS) is 16.2. The first-order chi connectivity index (χ1) is 14.2. The van der Waals surface area contributed by atoms with Crippen LogP contribution in [0.2, 0.25) is 0 Å². The van der Waals surface area contributed by atoms with Crippen molar-refractivity contribution >= 4 is 23.3 Å². The molecule has 0 spiro atoms. The van der Waals surface area contributed by atoms with E-state index in [4.69, 9.17) is 9.47 Å². The minimum atomic E-state index is -0.547. The average Bonchev–Trinajstić information content (AvgIpc) is 2.74.